The average molecular weight is 634 g/mol. The van der Waals surface area contributed by atoms with E-state index in [2.05, 4.69) is 0 Å². The quantitative estimate of drug-likeness (QED) is 0.0903. The zero-order chi connectivity index (χ0) is 30.2. The lowest BCUT2D eigenvalue weighted by Crippen LogP contribution is -2.47. The van der Waals surface area contributed by atoms with Crippen LogP contribution >= 0.6 is 15.9 Å². The Hall–Kier alpha value is -0.0700. The second-order valence-electron chi connectivity index (χ2n) is 10.5. The van der Waals surface area contributed by atoms with E-state index in [-0.39, 0.29) is 26.4 Å². The molecule has 1 aliphatic carbocycles. The molecule has 1 aliphatic rings. The summed E-state index contributed by atoms with van der Waals surface area (Å²) in [7, 11) is -0.951. The molecule has 1 saturated carbocycles. The highest BCUT2D eigenvalue weighted by molar-refractivity contribution is 7.52. The summed E-state index contributed by atoms with van der Waals surface area (Å²) < 4.78 is 73.1. The van der Waals surface area contributed by atoms with Gasteiger partial charge in [-0.25, -0.2) is 0 Å². The van der Waals surface area contributed by atoms with Crippen molar-refractivity contribution in [1.82, 2.24) is 0 Å². The maximum absolute atomic E-state index is 12.6. The molecule has 2 unspecified atom stereocenters. The van der Waals surface area contributed by atoms with Crippen LogP contribution in [0, 0.1) is 5.92 Å². The lowest BCUT2D eigenvalue weighted by molar-refractivity contribution is -0.155. The molecule has 0 amide bonds. The van der Waals surface area contributed by atoms with Gasteiger partial charge in [-0.15, -0.1) is 9.42 Å². The minimum Gasteiger partial charge on any atom is -0.385 e. The number of unbranched alkanes of at least 4 members (excludes halogenated alkanes) is 1. The van der Waals surface area contributed by atoms with Crippen molar-refractivity contribution in [2.45, 2.75) is 75.9 Å². The molecular formula is C27H55O12P2+. The van der Waals surface area contributed by atoms with Crippen molar-refractivity contribution >= 4 is 15.9 Å². The van der Waals surface area contributed by atoms with Crippen LogP contribution in [0.4, 0.5) is 0 Å². The lowest BCUT2D eigenvalue weighted by Gasteiger charge is -2.31. The van der Waals surface area contributed by atoms with E-state index >= 15 is 0 Å². The maximum Gasteiger partial charge on any atom is 0.694 e. The summed E-state index contributed by atoms with van der Waals surface area (Å²) in [4.78, 5) is 9.21. The van der Waals surface area contributed by atoms with Crippen LogP contribution in [-0.2, 0) is 51.1 Å². The molecule has 0 aromatic rings. The summed E-state index contributed by atoms with van der Waals surface area (Å²) >= 11 is 0. The number of ether oxygens (including phenoxy) is 6. The molecule has 3 atom stereocenters. The van der Waals surface area contributed by atoms with Gasteiger partial charge in [0.05, 0.1) is 32.5 Å². The number of hydrogen-bond acceptors (Lipinski definition) is 11. The third-order valence-electron chi connectivity index (χ3n) is 6.92. The van der Waals surface area contributed by atoms with Crippen LogP contribution in [0.3, 0.4) is 0 Å². The molecule has 14 heteroatoms. The van der Waals surface area contributed by atoms with Gasteiger partial charge in [0.15, 0.2) is 0 Å². The lowest BCUT2D eigenvalue weighted by atomic mass is 9.84. The summed E-state index contributed by atoms with van der Waals surface area (Å²) in [5, 5.41) is 0. The van der Waals surface area contributed by atoms with Crippen LogP contribution in [0.2, 0.25) is 0 Å². The topological polar surface area (TPSA) is 137 Å². The first-order valence-electron chi connectivity index (χ1n) is 14.7. The van der Waals surface area contributed by atoms with E-state index < -0.39 is 21.5 Å². The minimum absolute atomic E-state index is 0.0703. The summed E-state index contributed by atoms with van der Waals surface area (Å²) in [6, 6.07) is 0. The zero-order valence-corrected chi connectivity index (χ0v) is 27.4. The van der Waals surface area contributed by atoms with Crippen LogP contribution in [0.15, 0.2) is 0 Å². The third kappa shape index (κ3) is 20.5. The van der Waals surface area contributed by atoms with E-state index in [1.54, 1.807) is 21.3 Å². The Morgan fingerprint density at radius 1 is 0.756 bits per heavy atom. The van der Waals surface area contributed by atoms with Gasteiger partial charge in [0.25, 0.3) is 0 Å². The van der Waals surface area contributed by atoms with E-state index in [4.69, 9.17) is 42.0 Å². The van der Waals surface area contributed by atoms with E-state index in [1.807, 2.05) is 0 Å². The first-order chi connectivity index (χ1) is 19.8. The highest BCUT2D eigenvalue weighted by Crippen LogP contribution is 2.44. The smallest absolute Gasteiger partial charge is 0.385 e. The number of hydrogen-bond donors (Lipinski definition) is 1. The molecule has 0 aromatic heterocycles. The molecule has 0 spiro atoms. The van der Waals surface area contributed by atoms with Crippen LogP contribution < -0.4 is 0 Å². The molecule has 1 N–H and O–H groups in total. The highest BCUT2D eigenvalue weighted by Gasteiger charge is 2.37. The van der Waals surface area contributed by atoms with Crippen molar-refractivity contribution in [1.29, 1.82) is 0 Å². The SMILES string of the molecule is COCCCOC[C@@](COCCCOP(C)(=O)OCCCCC1CCC(OC)CC1)(CO[P+](=O)O)OCCCOC. The van der Waals surface area contributed by atoms with Crippen molar-refractivity contribution in [2.75, 3.05) is 94.1 Å². The summed E-state index contributed by atoms with van der Waals surface area (Å²) in [5.74, 6) is 0.751. The van der Waals surface area contributed by atoms with Gasteiger partial charge in [0.1, 0.15) is 12.2 Å². The van der Waals surface area contributed by atoms with Crippen LogP contribution in [0.1, 0.15) is 64.2 Å². The van der Waals surface area contributed by atoms with Crippen molar-refractivity contribution in [2.24, 2.45) is 5.92 Å². The average Bonchev–Trinajstić information content (AvgIpc) is 2.96. The molecule has 244 valence electrons. The fourth-order valence-electron chi connectivity index (χ4n) is 4.59. The third-order valence-corrected chi connectivity index (χ3v) is 8.58. The van der Waals surface area contributed by atoms with Crippen molar-refractivity contribution in [3.05, 3.63) is 0 Å². The van der Waals surface area contributed by atoms with Gasteiger partial charge in [0, 0.05) is 65.6 Å². The maximum atomic E-state index is 12.6. The van der Waals surface area contributed by atoms with Gasteiger partial charge in [-0.3, -0.25) is 4.57 Å². The van der Waals surface area contributed by atoms with Gasteiger partial charge >= 0.3 is 15.9 Å². The van der Waals surface area contributed by atoms with E-state index in [9.17, 15) is 14.0 Å². The zero-order valence-electron chi connectivity index (χ0n) is 25.6. The second-order valence-corrected chi connectivity index (χ2v) is 13.3. The molecular weight excluding hydrogens is 578 g/mol. The normalized spacial score (nSPS) is 21.0. The molecule has 0 aliphatic heterocycles. The fraction of sp³-hybridized carbons (Fsp3) is 1.00. The fourth-order valence-corrected chi connectivity index (χ4v) is 5.93. The Labute approximate surface area is 247 Å². The molecule has 0 bridgehead atoms. The largest absolute Gasteiger partial charge is 0.694 e. The van der Waals surface area contributed by atoms with Crippen molar-refractivity contribution in [3.63, 3.8) is 0 Å². The van der Waals surface area contributed by atoms with Crippen molar-refractivity contribution < 1.29 is 56.0 Å². The van der Waals surface area contributed by atoms with E-state index in [0.717, 1.165) is 31.6 Å². The predicted molar refractivity (Wildman–Crippen MR) is 156 cm³/mol. The molecule has 0 saturated heterocycles. The Kier molecular flexibility index (Phi) is 23.1. The first kappa shape index (κ1) is 39.0. The Morgan fingerprint density at radius 2 is 1.32 bits per heavy atom. The van der Waals surface area contributed by atoms with Gasteiger partial charge in [-0.2, -0.15) is 0 Å². The van der Waals surface area contributed by atoms with Crippen LogP contribution in [0.5, 0.6) is 0 Å². The second kappa shape index (κ2) is 24.3. The Morgan fingerprint density at radius 3 is 1.88 bits per heavy atom. The molecule has 0 radical (unpaired) electrons. The molecule has 41 heavy (non-hydrogen) atoms. The molecule has 1 rings (SSSR count). The number of rotatable bonds is 28. The van der Waals surface area contributed by atoms with Gasteiger partial charge in [-0.05, 0) is 57.3 Å². The van der Waals surface area contributed by atoms with Gasteiger partial charge in [0.2, 0.25) is 0 Å². The van der Waals surface area contributed by atoms with Crippen LogP contribution in [-0.4, -0.2) is 111 Å². The van der Waals surface area contributed by atoms with E-state index in [1.165, 1.54) is 25.9 Å². The Balaban J connectivity index is 2.35. The standard InChI is InChI=1S/C27H54O12P2/c1-31-15-7-17-34-22-27(24-37-40(28)29,36-19-8-16-32-2)23-35-18-9-21-39-41(4,30)38-20-6-5-10-25-11-13-26(33-3)14-12-25/h25-26H,5-24H2,1-4H3/p+1/t25?,26?,27-,41?/m1/s1. The van der Waals surface area contributed by atoms with Gasteiger partial charge in [-0.1, -0.05) is 12.8 Å². The first-order valence-corrected chi connectivity index (χ1v) is 17.8. The van der Waals surface area contributed by atoms with Crippen molar-refractivity contribution in [3.8, 4) is 0 Å². The molecule has 0 heterocycles. The van der Waals surface area contributed by atoms with E-state index in [0.29, 0.717) is 65.0 Å². The molecule has 0 aromatic carbocycles. The highest BCUT2D eigenvalue weighted by atomic mass is 31.2. The molecule has 12 nitrogen and oxygen atoms in total. The van der Waals surface area contributed by atoms with Gasteiger partial charge < -0.3 is 37.5 Å². The monoisotopic (exact) mass is 633 g/mol. The Bertz CT molecular complexity index is 693. The number of methoxy groups -OCH3 is 3. The molecule has 1 fully saturated rings. The summed E-state index contributed by atoms with van der Waals surface area (Å²) in [6.07, 6.45) is 10.0. The summed E-state index contributed by atoms with van der Waals surface area (Å²) in [5.41, 5.74) is -1.08. The predicted octanol–water partition coefficient (Wildman–Crippen LogP) is 5.14. The van der Waals surface area contributed by atoms with Crippen LogP contribution in [0.25, 0.3) is 0 Å². The minimum atomic E-state index is -3.15. The summed E-state index contributed by atoms with van der Waals surface area (Å²) in [6.45, 7) is 4.23.